The van der Waals surface area contributed by atoms with Crippen LogP contribution in [0.4, 0.5) is 0 Å². The van der Waals surface area contributed by atoms with Gasteiger partial charge in [0, 0.05) is 30.9 Å². The number of methoxy groups -OCH3 is 3. The highest BCUT2D eigenvalue weighted by atomic mass is 16.5. The highest BCUT2D eigenvalue weighted by molar-refractivity contribution is 5.84. The van der Waals surface area contributed by atoms with E-state index in [9.17, 15) is 9.59 Å². The van der Waals surface area contributed by atoms with Crippen molar-refractivity contribution in [1.82, 2.24) is 14.7 Å². The normalized spacial score (nSPS) is 10.5. The van der Waals surface area contributed by atoms with Gasteiger partial charge in [0.25, 0.3) is 0 Å². The summed E-state index contributed by atoms with van der Waals surface area (Å²) >= 11 is 0. The van der Waals surface area contributed by atoms with Crippen LogP contribution in [0, 0.1) is 13.8 Å². The van der Waals surface area contributed by atoms with Crippen molar-refractivity contribution in [3.05, 3.63) is 40.7 Å². The molecule has 1 amide bonds. The summed E-state index contributed by atoms with van der Waals surface area (Å²) in [4.78, 5) is 26.3. The third kappa shape index (κ3) is 5.03. The van der Waals surface area contributed by atoms with Crippen molar-refractivity contribution < 1.29 is 23.8 Å². The molecular weight excluding hydrogens is 362 g/mol. The molecule has 2 rings (SSSR count). The molecule has 2 aromatic rings. The van der Waals surface area contributed by atoms with E-state index in [0.717, 1.165) is 22.5 Å². The molecule has 0 aliphatic carbocycles. The third-order valence-electron chi connectivity index (χ3n) is 4.67. The zero-order chi connectivity index (χ0) is 20.8. The van der Waals surface area contributed by atoms with Crippen molar-refractivity contribution >= 4 is 11.9 Å². The monoisotopic (exact) mass is 389 g/mol. The number of amides is 1. The molecule has 152 valence electrons. The molecule has 0 atom stereocenters. The molecule has 0 bridgehead atoms. The lowest BCUT2D eigenvalue weighted by Gasteiger charge is -2.22. The van der Waals surface area contributed by atoms with Crippen LogP contribution in [-0.4, -0.2) is 54.4 Å². The van der Waals surface area contributed by atoms with Crippen LogP contribution >= 0.6 is 0 Å². The second-order valence-electron chi connectivity index (χ2n) is 6.50. The van der Waals surface area contributed by atoms with Crippen LogP contribution in [0.2, 0.25) is 0 Å². The summed E-state index contributed by atoms with van der Waals surface area (Å²) in [5, 5.41) is 4.35. The summed E-state index contributed by atoms with van der Waals surface area (Å²) in [6.07, 6.45) is 0.156. The molecule has 0 saturated carbocycles. The number of ether oxygens (including phenoxy) is 3. The number of hydrogen-bond donors (Lipinski definition) is 0. The van der Waals surface area contributed by atoms with E-state index < -0.39 is 5.97 Å². The Balaban J connectivity index is 2.29. The van der Waals surface area contributed by atoms with Gasteiger partial charge in [-0.2, -0.15) is 5.10 Å². The predicted octanol–water partition coefficient (Wildman–Crippen LogP) is 1.80. The van der Waals surface area contributed by atoms with Crippen molar-refractivity contribution in [3.8, 4) is 11.5 Å². The number of rotatable bonds is 8. The van der Waals surface area contributed by atoms with Crippen LogP contribution in [0.3, 0.4) is 0 Å². The van der Waals surface area contributed by atoms with E-state index in [0.29, 0.717) is 11.5 Å². The van der Waals surface area contributed by atoms with Crippen molar-refractivity contribution in [3.63, 3.8) is 0 Å². The minimum atomic E-state index is -0.483. The minimum absolute atomic E-state index is 0.146. The average molecular weight is 389 g/mol. The largest absolute Gasteiger partial charge is 0.497 e. The van der Waals surface area contributed by atoms with Crippen LogP contribution < -0.4 is 9.47 Å². The number of aromatic nitrogens is 2. The lowest BCUT2D eigenvalue weighted by Crippen LogP contribution is -2.37. The summed E-state index contributed by atoms with van der Waals surface area (Å²) in [6, 6.07) is 5.36. The molecule has 8 heteroatoms. The van der Waals surface area contributed by atoms with Gasteiger partial charge in [0.05, 0.1) is 33.4 Å². The van der Waals surface area contributed by atoms with Gasteiger partial charge in [-0.1, -0.05) is 0 Å². The number of nitrogens with zero attached hydrogens (tertiary/aromatic N) is 3. The highest BCUT2D eigenvalue weighted by Gasteiger charge is 2.22. The van der Waals surface area contributed by atoms with Gasteiger partial charge in [0.1, 0.15) is 18.0 Å². The fourth-order valence-corrected chi connectivity index (χ4v) is 2.97. The first kappa shape index (κ1) is 21.3. The maximum atomic E-state index is 13.0. The number of hydrogen-bond acceptors (Lipinski definition) is 6. The Kier molecular flexibility index (Phi) is 7.03. The molecule has 28 heavy (non-hydrogen) atoms. The molecule has 0 fully saturated rings. The van der Waals surface area contributed by atoms with E-state index in [-0.39, 0.29) is 25.4 Å². The Morgan fingerprint density at radius 2 is 1.68 bits per heavy atom. The van der Waals surface area contributed by atoms with Gasteiger partial charge in [-0.15, -0.1) is 0 Å². The van der Waals surface area contributed by atoms with E-state index in [1.165, 1.54) is 12.0 Å². The smallest absolute Gasteiger partial charge is 0.325 e. The third-order valence-corrected chi connectivity index (χ3v) is 4.67. The van der Waals surface area contributed by atoms with Gasteiger partial charge in [-0.25, -0.2) is 0 Å². The van der Waals surface area contributed by atoms with Gasteiger partial charge in [-0.05, 0) is 31.5 Å². The van der Waals surface area contributed by atoms with Crippen LogP contribution in [0.1, 0.15) is 22.5 Å². The minimum Gasteiger partial charge on any atom is -0.497 e. The second kappa shape index (κ2) is 9.25. The molecule has 0 aliphatic rings. The molecular formula is C20H27N3O5. The van der Waals surface area contributed by atoms with Crippen LogP contribution in [-0.2, 0) is 34.3 Å². The van der Waals surface area contributed by atoms with Gasteiger partial charge < -0.3 is 19.1 Å². The Bertz CT molecular complexity index is 838. The maximum absolute atomic E-state index is 13.0. The van der Waals surface area contributed by atoms with Crippen molar-refractivity contribution in [1.29, 1.82) is 0 Å². The molecule has 1 aromatic heterocycles. The zero-order valence-electron chi connectivity index (χ0n) is 17.2. The Morgan fingerprint density at radius 1 is 1.07 bits per heavy atom. The Labute approximate surface area is 165 Å². The van der Waals surface area contributed by atoms with Crippen LogP contribution in [0.25, 0.3) is 0 Å². The maximum Gasteiger partial charge on any atom is 0.325 e. The fraction of sp³-hybridized carbons (Fsp3) is 0.450. The molecule has 8 nitrogen and oxygen atoms in total. The molecule has 0 spiro atoms. The van der Waals surface area contributed by atoms with E-state index >= 15 is 0 Å². The lowest BCUT2D eigenvalue weighted by atomic mass is 10.1. The van der Waals surface area contributed by atoms with Crippen molar-refractivity contribution in [2.45, 2.75) is 26.8 Å². The molecule has 1 heterocycles. The van der Waals surface area contributed by atoms with Crippen LogP contribution in [0.5, 0.6) is 11.5 Å². The quantitative estimate of drug-likeness (QED) is 0.640. The lowest BCUT2D eigenvalue weighted by molar-refractivity contribution is -0.147. The summed E-state index contributed by atoms with van der Waals surface area (Å²) in [5.41, 5.74) is 3.38. The number of esters is 1. The predicted molar refractivity (Wildman–Crippen MR) is 103 cm³/mol. The molecule has 0 N–H and O–H groups in total. The average Bonchev–Trinajstić information content (AvgIpc) is 2.92. The standard InChI is InChI=1S/C20H27N3O5/c1-13-18(14(2)22(3)21-13)10-19(24)23(12-20(25)28-6)11-15-7-16(26-4)9-17(8-15)27-5/h7-9H,10-12H2,1-6H3. The summed E-state index contributed by atoms with van der Waals surface area (Å²) in [7, 11) is 6.26. The Morgan fingerprint density at radius 3 is 2.14 bits per heavy atom. The first-order chi connectivity index (χ1) is 13.3. The molecule has 0 radical (unpaired) electrons. The summed E-state index contributed by atoms with van der Waals surface area (Å²) < 4.78 is 17.1. The van der Waals surface area contributed by atoms with E-state index in [2.05, 4.69) is 5.10 Å². The first-order valence-corrected chi connectivity index (χ1v) is 8.84. The topological polar surface area (TPSA) is 82.9 Å². The molecule has 0 aliphatic heterocycles. The van der Waals surface area contributed by atoms with Gasteiger partial charge in [0.2, 0.25) is 5.91 Å². The molecule has 0 saturated heterocycles. The summed E-state index contributed by atoms with van der Waals surface area (Å²) in [6.45, 7) is 3.86. The Hall–Kier alpha value is -3.03. The SMILES string of the molecule is COC(=O)CN(Cc1cc(OC)cc(OC)c1)C(=O)Cc1c(C)nn(C)c1C. The molecule has 1 aromatic carbocycles. The van der Waals surface area contributed by atoms with Gasteiger partial charge in [0.15, 0.2) is 0 Å². The van der Waals surface area contributed by atoms with Gasteiger partial charge >= 0.3 is 5.97 Å². The van der Waals surface area contributed by atoms with Gasteiger partial charge in [-0.3, -0.25) is 14.3 Å². The second-order valence-corrected chi connectivity index (χ2v) is 6.50. The van der Waals surface area contributed by atoms with Crippen molar-refractivity contribution in [2.24, 2.45) is 7.05 Å². The van der Waals surface area contributed by atoms with E-state index in [4.69, 9.17) is 14.2 Å². The fourth-order valence-electron chi connectivity index (χ4n) is 2.97. The summed E-state index contributed by atoms with van der Waals surface area (Å²) in [5.74, 6) is 0.548. The zero-order valence-corrected chi connectivity index (χ0v) is 17.2. The van der Waals surface area contributed by atoms with E-state index in [1.807, 2.05) is 20.9 Å². The molecule has 0 unspecified atom stereocenters. The number of benzene rings is 1. The highest BCUT2D eigenvalue weighted by Crippen LogP contribution is 2.24. The number of carbonyl (C=O) groups excluding carboxylic acids is 2. The number of carbonyl (C=O) groups is 2. The first-order valence-electron chi connectivity index (χ1n) is 8.84. The van der Waals surface area contributed by atoms with E-state index in [1.54, 1.807) is 37.1 Å². The van der Waals surface area contributed by atoms with Crippen LogP contribution in [0.15, 0.2) is 18.2 Å². The number of aryl methyl sites for hydroxylation is 2. The van der Waals surface area contributed by atoms with Crippen molar-refractivity contribution in [2.75, 3.05) is 27.9 Å².